The smallest absolute Gasteiger partial charge is 0.279 e. The van der Waals surface area contributed by atoms with Crippen LogP contribution in [0.2, 0.25) is 0 Å². The molecule has 3 amide bonds. The Bertz CT molecular complexity index is 952. The number of carbonyl (C=O) groups excluding carboxylic acids is 3. The highest BCUT2D eigenvalue weighted by atomic mass is 19.2. The Morgan fingerprint density at radius 1 is 0.806 bits per heavy atom. The maximum absolute atomic E-state index is 13.7. The summed E-state index contributed by atoms with van der Waals surface area (Å²) in [7, 11) is 0. The van der Waals surface area contributed by atoms with Crippen molar-refractivity contribution in [1.29, 1.82) is 0 Å². The molecule has 1 unspecified atom stereocenters. The number of nitrogens with one attached hydrogen (secondary N) is 4. The second-order valence-corrected chi connectivity index (χ2v) is 6.93. The highest BCUT2D eigenvalue weighted by Gasteiger charge is 2.20. The van der Waals surface area contributed by atoms with Crippen molar-refractivity contribution in [3.05, 3.63) is 53.8 Å². The van der Waals surface area contributed by atoms with Crippen molar-refractivity contribution in [2.24, 2.45) is 0 Å². The first-order valence-corrected chi connectivity index (χ1v) is 9.64. The van der Waals surface area contributed by atoms with Gasteiger partial charge in [0, 0.05) is 18.3 Å². The minimum absolute atomic E-state index is 0.0328. The molecule has 0 saturated carbocycles. The Morgan fingerprint density at radius 2 is 1.35 bits per heavy atom. The van der Waals surface area contributed by atoms with E-state index in [2.05, 4.69) is 16.0 Å². The van der Waals surface area contributed by atoms with Crippen molar-refractivity contribution in [3.63, 3.8) is 0 Å². The normalized spacial score (nSPS) is 11.5. The summed E-state index contributed by atoms with van der Waals surface area (Å²) in [4.78, 5) is 36.2. The molecule has 0 heterocycles. The molecule has 7 nitrogen and oxygen atoms in total. The quantitative estimate of drug-likeness (QED) is 0.452. The van der Waals surface area contributed by atoms with Crippen molar-refractivity contribution in [3.8, 4) is 0 Å². The van der Waals surface area contributed by atoms with Gasteiger partial charge in [-0.3, -0.25) is 14.4 Å². The molecule has 2 aromatic carbocycles. The molecular weight excluding hydrogens is 413 g/mol. The molecule has 0 spiro atoms. The van der Waals surface area contributed by atoms with Gasteiger partial charge < -0.3 is 20.9 Å². The van der Waals surface area contributed by atoms with Gasteiger partial charge >= 0.3 is 0 Å². The van der Waals surface area contributed by atoms with Gasteiger partial charge in [-0.1, -0.05) is 6.92 Å². The number of hydrogen-bond acceptors (Lipinski definition) is 3. The second-order valence-electron chi connectivity index (χ2n) is 6.93. The van der Waals surface area contributed by atoms with Gasteiger partial charge in [0.25, 0.3) is 11.8 Å². The van der Waals surface area contributed by atoms with E-state index in [9.17, 15) is 27.6 Å². The summed E-state index contributed by atoms with van der Waals surface area (Å²) in [5, 5.41) is 7.52. The van der Waals surface area contributed by atoms with Crippen LogP contribution in [0, 0.1) is 17.5 Å². The number of anilines is 3. The van der Waals surface area contributed by atoms with Crippen LogP contribution >= 0.6 is 0 Å². The Labute approximate surface area is 177 Å². The molecule has 2 aromatic rings. The summed E-state index contributed by atoms with van der Waals surface area (Å²) >= 11 is 0. The number of quaternary nitrogens is 1. The van der Waals surface area contributed by atoms with Crippen molar-refractivity contribution >= 4 is 34.8 Å². The maximum Gasteiger partial charge on any atom is 0.279 e. The van der Waals surface area contributed by atoms with Crippen LogP contribution in [0.5, 0.6) is 0 Å². The van der Waals surface area contributed by atoms with Crippen LogP contribution in [0.4, 0.5) is 30.2 Å². The van der Waals surface area contributed by atoms with Crippen LogP contribution in [0.1, 0.15) is 20.3 Å². The van der Waals surface area contributed by atoms with Gasteiger partial charge in [0.1, 0.15) is 0 Å². The molecule has 0 aromatic heterocycles. The number of amides is 3. The van der Waals surface area contributed by atoms with Crippen LogP contribution < -0.4 is 20.9 Å². The van der Waals surface area contributed by atoms with E-state index in [0.717, 1.165) is 12.1 Å². The van der Waals surface area contributed by atoms with Crippen LogP contribution in [0.3, 0.4) is 0 Å². The van der Waals surface area contributed by atoms with Gasteiger partial charge in [-0.05, 0) is 42.8 Å². The fraction of sp³-hybridized carbons (Fsp3) is 0.286. The topological polar surface area (TPSA) is 91.7 Å². The third-order valence-corrected chi connectivity index (χ3v) is 4.22. The minimum Gasteiger partial charge on any atom is -0.326 e. The predicted molar refractivity (Wildman–Crippen MR) is 110 cm³/mol. The minimum atomic E-state index is -1.67. The van der Waals surface area contributed by atoms with Gasteiger partial charge in [-0.15, -0.1) is 0 Å². The third-order valence-electron chi connectivity index (χ3n) is 4.22. The number of hydrogen-bond donors (Lipinski definition) is 4. The monoisotopic (exact) mass is 437 g/mol. The molecular formula is C21H24F3N4O3+. The zero-order chi connectivity index (χ0) is 23.0. The number of halogens is 3. The van der Waals surface area contributed by atoms with E-state index in [0.29, 0.717) is 29.2 Å². The lowest BCUT2D eigenvalue weighted by atomic mass is 10.2. The molecule has 166 valence electrons. The van der Waals surface area contributed by atoms with Crippen LogP contribution in [0.15, 0.2) is 36.4 Å². The summed E-state index contributed by atoms with van der Waals surface area (Å²) in [6.07, 6.45) is 0.681. The van der Waals surface area contributed by atoms with E-state index in [1.165, 1.54) is 6.92 Å². The lowest BCUT2D eigenvalue weighted by Crippen LogP contribution is -3.14. The standard InChI is InChI=1S/C21H23F3N4O3/c1-3-10-28(12-19(31)27-17-9-8-16(22)20(23)21(17)24)11-18(30)26-15-6-4-14(5-7-15)25-13(2)29/h4-9H,3,10-12H2,1-2H3,(H,25,29)(H,26,30)(H,27,31)/p+1. The van der Waals surface area contributed by atoms with E-state index >= 15 is 0 Å². The molecule has 4 N–H and O–H groups in total. The summed E-state index contributed by atoms with van der Waals surface area (Å²) in [5.74, 6) is -5.69. The molecule has 1 atom stereocenters. The molecule has 31 heavy (non-hydrogen) atoms. The van der Waals surface area contributed by atoms with Crippen molar-refractivity contribution in [2.45, 2.75) is 20.3 Å². The Morgan fingerprint density at radius 3 is 1.90 bits per heavy atom. The molecule has 0 aliphatic rings. The van der Waals surface area contributed by atoms with Crippen molar-refractivity contribution < 1.29 is 32.5 Å². The van der Waals surface area contributed by atoms with E-state index in [-0.39, 0.29) is 24.9 Å². The van der Waals surface area contributed by atoms with Crippen molar-refractivity contribution in [2.75, 3.05) is 35.6 Å². The van der Waals surface area contributed by atoms with E-state index in [1.54, 1.807) is 24.3 Å². The summed E-state index contributed by atoms with van der Waals surface area (Å²) in [5.41, 5.74) is 0.636. The number of rotatable bonds is 9. The third kappa shape index (κ3) is 7.41. The summed E-state index contributed by atoms with van der Waals surface area (Å²) in [6, 6.07) is 8.18. The predicted octanol–water partition coefficient (Wildman–Crippen LogP) is 1.93. The zero-order valence-electron chi connectivity index (χ0n) is 17.2. The first-order valence-electron chi connectivity index (χ1n) is 9.64. The van der Waals surface area contributed by atoms with Crippen molar-refractivity contribution in [1.82, 2.24) is 0 Å². The highest BCUT2D eigenvalue weighted by molar-refractivity contribution is 5.94. The number of carbonyl (C=O) groups is 3. The molecule has 0 fully saturated rings. The average molecular weight is 437 g/mol. The van der Waals surface area contributed by atoms with Crippen LogP contribution in [-0.4, -0.2) is 37.4 Å². The molecule has 0 aliphatic carbocycles. The van der Waals surface area contributed by atoms with E-state index in [1.807, 2.05) is 6.92 Å². The van der Waals surface area contributed by atoms with Gasteiger partial charge in [-0.25, -0.2) is 13.2 Å². The fourth-order valence-electron chi connectivity index (χ4n) is 2.91. The van der Waals surface area contributed by atoms with Gasteiger partial charge in [0.05, 0.1) is 12.2 Å². The first-order chi connectivity index (χ1) is 14.7. The molecule has 0 aliphatic heterocycles. The van der Waals surface area contributed by atoms with Crippen LogP contribution in [0.25, 0.3) is 0 Å². The van der Waals surface area contributed by atoms with Gasteiger partial charge in [-0.2, -0.15) is 0 Å². The van der Waals surface area contributed by atoms with Crippen LogP contribution in [-0.2, 0) is 14.4 Å². The van der Waals surface area contributed by atoms with E-state index in [4.69, 9.17) is 0 Å². The van der Waals surface area contributed by atoms with E-state index < -0.39 is 29.0 Å². The largest absolute Gasteiger partial charge is 0.326 e. The fourth-order valence-corrected chi connectivity index (χ4v) is 2.91. The molecule has 0 bridgehead atoms. The molecule has 2 rings (SSSR count). The zero-order valence-corrected chi connectivity index (χ0v) is 17.2. The Hall–Kier alpha value is -3.40. The Balaban J connectivity index is 1.94. The second kappa shape index (κ2) is 11.1. The van der Waals surface area contributed by atoms with Gasteiger partial charge in [0.15, 0.2) is 30.5 Å². The first kappa shape index (κ1) is 23.9. The lowest BCUT2D eigenvalue weighted by Gasteiger charge is -2.18. The summed E-state index contributed by atoms with van der Waals surface area (Å²) < 4.78 is 40.1. The van der Waals surface area contributed by atoms with Gasteiger partial charge in [0.2, 0.25) is 5.91 Å². The summed E-state index contributed by atoms with van der Waals surface area (Å²) in [6.45, 7) is 3.56. The molecule has 0 radical (unpaired) electrons. The SMILES string of the molecule is CCC[NH+](CC(=O)Nc1ccc(NC(C)=O)cc1)CC(=O)Nc1ccc(F)c(F)c1F. The Kier molecular flexibility index (Phi) is 8.56. The highest BCUT2D eigenvalue weighted by Crippen LogP contribution is 2.19. The average Bonchev–Trinajstić information content (AvgIpc) is 2.69. The molecule has 10 heteroatoms. The number of benzene rings is 2. The maximum atomic E-state index is 13.7. The lowest BCUT2D eigenvalue weighted by molar-refractivity contribution is -0.883. The molecule has 0 saturated heterocycles.